The minimum Gasteiger partial charge on any atom is -0.445 e. The first-order valence-electron chi connectivity index (χ1n) is 6.98. The van der Waals surface area contributed by atoms with Crippen molar-refractivity contribution in [1.29, 1.82) is 0 Å². The maximum atomic E-state index is 12.1. The first kappa shape index (κ1) is 13.9. The smallest absolute Gasteiger partial charge is 0.410 e. The maximum Gasteiger partial charge on any atom is 0.410 e. The molecular formula is C15H22N2O2. The van der Waals surface area contributed by atoms with Crippen molar-refractivity contribution < 1.29 is 9.53 Å². The van der Waals surface area contributed by atoms with Crippen molar-refractivity contribution in [2.75, 3.05) is 13.1 Å². The number of hydrogen-bond donors (Lipinski definition) is 1. The molecule has 0 bridgehead atoms. The highest BCUT2D eigenvalue weighted by molar-refractivity contribution is 5.68. The van der Waals surface area contributed by atoms with Gasteiger partial charge in [0.25, 0.3) is 0 Å². The summed E-state index contributed by atoms with van der Waals surface area (Å²) < 4.78 is 5.39. The van der Waals surface area contributed by atoms with Crippen LogP contribution in [0.1, 0.15) is 31.2 Å². The molecular weight excluding hydrogens is 240 g/mol. The molecule has 2 rings (SSSR count). The number of likely N-dealkylation sites (tertiary alicyclic amines) is 1. The lowest BCUT2D eigenvalue weighted by molar-refractivity contribution is 0.0666. The standard InChI is InChI=1S/C15H22N2O2/c16-10-9-14-8-4-5-11-17(14)15(18)19-12-13-6-2-1-3-7-13/h1-3,6-7,14H,4-5,8-12,16H2. The lowest BCUT2D eigenvalue weighted by atomic mass is 10.00. The number of amides is 1. The molecule has 0 spiro atoms. The van der Waals surface area contributed by atoms with Crippen LogP contribution in [0, 0.1) is 0 Å². The van der Waals surface area contributed by atoms with Gasteiger partial charge in [0, 0.05) is 12.6 Å². The third kappa shape index (κ3) is 3.96. The van der Waals surface area contributed by atoms with E-state index in [1.807, 2.05) is 35.2 Å². The molecule has 1 atom stereocenters. The molecule has 0 radical (unpaired) electrons. The maximum absolute atomic E-state index is 12.1. The van der Waals surface area contributed by atoms with Crippen LogP contribution in [-0.2, 0) is 11.3 Å². The van der Waals surface area contributed by atoms with E-state index in [9.17, 15) is 4.79 Å². The molecule has 1 fully saturated rings. The van der Waals surface area contributed by atoms with Crippen LogP contribution in [0.2, 0.25) is 0 Å². The first-order chi connectivity index (χ1) is 9.31. The van der Waals surface area contributed by atoms with Crippen molar-refractivity contribution in [1.82, 2.24) is 4.90 Å². The van der Waals surface area contributed by atoms with E-state index >= 15 is 0 Å². The Labute approximate surface area is 114 Å². The topological polar surface area (TPSA) is 55.6 Å². The van der Waals surface area contributed by atoms with Gasteiger partial charge in [-0.3, -0.25) is 0 Å². The number of nitrogens with two attached hydrogens (primary N) is 1. The van der Waals surface area contributed by atoms with E-state index in [0.29, 0.717) is 13.2 Å². The van der Waals surface area contributed by atoms with Gasteiger partial charge in [-0.05, 0) is 37.8 Å². The van der Waals surface area contributed by atoms with E-state index in [-0.39, 0.29) is 12.1 Å². The minimum atomic E-state index is -0.206. The summed E-state index contributed by atoms with van der Waals surface area (Å²) in [5, 5.41) is 0. The fourth-order valence-electron chi connectivity index (χ4n) is 2.54. The molecule has 104 valence electrons. The largest absolute Gasteiger partial charge is 0.445 e. The van der Waals surface area contributed by atoms with Crippen LogP contribution in [0.5, 0.6) is 0 Å². The fraction of sp³-hybridized carbons (Fsp3) is 0.533. The first-order valence-corrected chi connectivity index (χ1v) is 6.98. The molecule has 0 aliphatic carbocycles. The summed E-state index contributed by atoms with van der Waals surface area (Å²) in [4.78, 5) is 14.0. The van der Waals surface area contributed by atoms with Crippen LogP contribution in [0.25, 0.3) is 0 Å². The number of ether oxygens (including phenoxy) is 1. The van der Waals surface area contributed by atoms with Crippen LogP contribution in [0.4, 0.5) is 4.79 Å². The average Bonchev–Trinajstić information content (AvgIpc) is 2.47. The van der Waals surface area contributed by atoms with Crippen molar-refractivity contribution in [3.8, 4) is 0 Å². The molecule has 1 heterocycles. The molecule has 0 saturated carbocycles. The fourth-order valence-corrected chi connectivity index (χ4v) is 2.54. The summed E-state index contributed by atoms with van der Waals surface area (Å²) in [6.45, 7) is 1.75. The molecule has 4 nitrogen and oxygen atoms in total. The van der Waals surface area contributed by atoms with Crippen LogP contribution in [0.3, 0.4) is 0 Å². The Morgan fingerprint density at radius 2 is 2.11 bits per heavy atom. The number of rotatable bonds is 4. The number of benzene rings is 1. The molecule has 1 amide bonds. The Morgan fingerprint density at radius 1 is 1.32 bits per heavy atom. The highest BCUT2D eigenvalue weighted by atomic mass is 16.6. The van der Waals surface area contributed by atoms with Gasteiger partial charge >= 0.3 is 6.09 Å². The Morgan fingerprint density at radius 3 is 2.84 bits per heavy atom. The van der Waals surface area contributed by atoms with Gasteiger partial charge in [0.1, 0.15) is 6.61 Å². The lowest BCUT2D eigenvalue weighted by Gasteiger charge is -2.34. The Balaban J connectivity index is 1.87. The van der Waals surface area contributed by atoms with Crippen molar-refractivity contribution in [2.45, 2.75) is 38.3 Å². The molecule has 2 N–H and O–H groups in total. The summed E-state index contributed by atoms with van der Waals surface area (Å²) in [6, 6.07) is 10.0. The molecule has 19 heavy (non-hydrogen) atoms. The molecule has 0 aromatic heterocycles. The molecule has 4 heteroatoms. The van der Waals surface area contributed by atoms with E-state index in [4.69, 9.17) is 10.5 Å². The van der Waals surface area contributed by atoms with Gasteiger partial charge in [-0.2, -0.15) is 0 Å². The third-order valence-corrected chi connectivity index (χ3v) is 3.57. The van der Waals surface area contributed by atoms with Gasteiger partial charge in [-0.15, -0.1) is 0 Å². The monoisotopic (exact) mass is 262 g/mol. The second kappa shape index (κ2) is 7.14. The van der Waals surface area contributed by atoms with Crippen molar-refractivity contribution >= 4 is 6.09 Å². The van der Waals surface area contributed by atoms with Crippen LogP contribution >= 0.6 is 0 Å². The van der Waals surface area contributed by atoms with Gasteiger partial charge in [0.2, 0.25) is 0 Å². The second-order valence-electron chi connectivity index (χ2n) is 4.96. The highest BCUT2D eigenvalue weighted by Gasteiger charge is 2.27. The molecule has 1 aromatic rings. The van der Waals surface area contributed by atoms with E-state index in [1.165, 1.54) is 6.42 Å². The van der Waals surface area contributed by atoms with Crippen LogP contribution in [-0.4, -0.2) is 30.1 Å². The van der Waals surface area contributed by atoms with Crippen LogP contribution < -0.4 is 5.73 Å². The average molecular weight is 262 g/mol. The zero-order valence-corrected chi connectivity index (χ0v) is 11.3. The SMILES string of the molecule is NCCC1CCCCN1C(=O)OCc1ccccc1. The molecule has 1 aliphatic rings. The third-order valence-electron chi connectivity index (χ3n) is 3.57. The minimum absolute atomic E-state index is 0.206. The van der Waals surface area contributed by atoms with Crippen molar-refractivity contribution in [2.24, 2.45) is 5.73 Å². The Bertz CT molecular complexity index is 392. The van der Waals surface area contributed by atoms with Gasteiger partial charge in [-0.25, -0.2) is 4.79 Å². The molecule has 1 saturated heterocycles. The van der Waals surface area contributed by atoms with Crippen molar-refractivity contribution in [3.63, 3.8) is 0 Å². The number of hydrogen-bond acceptors (Lipinski definition) is 3. The van der Waals surface area contributed by atoms with E-state index in [0.717, 1.165) is 31.4 Å². The number of nitrogens with zero attached hydrogens (tertiary/aromatic N) is 1. The lowest BCUT2D eigenvalue weighted by Crippen LogP contribution is -2.44. The summed E-state index contributed by atoms with van der Waals surface area (Å²) in [6.07, 6.45) is 3.93. The highest BCUT2D eigenvalue weighted by Crippen LogP contribution is 2.20. The second-order valence-corrected chi connectivity index (χ2v) is 4.96. The van der Waals surface area contributed by atoms with E-state index in [2.05, 4.69) is 0 Å². The Hall–Kier alpha value is -1.55. The predicted molar refractivity (Wildman–Crippen MR) is 74.6 cm³/mol. The Kier molecular flexibility index (Phi) is 5.21. The van der Waals surface area contributed by atoms with Gasteiger partial charge in [-0.1, -0.05) is 30.3 Å². The van der Waals surface area contributed by atoms with E-state index in [1.54, 1.807) is 0 Å². The van der Waals surface area contributed by atoms with Gasteiger partial charge in [0.15, 0.2) is 0 Å². The summed E-state index contributed by atoms with van der Waals surface area (Å²) in [5.41, 5.74) is 6.62. The van der Waals surface area contributed by atoms with Crippen molar-refractivity contribution in [3.05, 3.63) is 35.9 Å². The zero-order valence-electron chi connectivity index (χ0n) is 11.3. The number of piperidine rings is 1. The normalized spacial score (nSPS) is 19.2. The quantitative estimate of drug-likeness (QED) is 0.907. The van der Waals surface area contributed by atoms with Gasteiger partial charge in [0.05, 0.1) is 0 Å². The van der Waals surface area contributed by atoms with Crippen LogP contribution in [0.15, 0.2) is 30.3 Å². The molecule has 1 aromatic carbocycles. The summed E-state index contributed by atoms with van der Waals surface area (Å²) >= 11 is 0. The van der Waals surface area contributed by atoms with E-state index < -0.39 is 0 Å². The zero-order chi connectivity index (χ0) is 13.5. The predicted octanol–water partition coefficient (Wildman–Crippen LogP) is 2.53. The number of carbonyl (C=O) groups is 1. The van der Waals surface area contributed by atoms with Gasteiger partial charge < -0.3 is 15.4 Å². The molecule has 1 unspecified atom stereocenters. The summed E-state index contributed by atoms with van der Waals surface area (Å²) in [5.74, 6) is 0. The molecule has 1 aliphatic heterocycles. The number of carbonyl (C=O) groups excluding carboxylic acids is 1. The summed E-state index contributed by atoms with van der Waals surface area (Å²) in [7, 11) is 0.